The van der Waals surface area contributed by atoms with Gasteiger partial charge in [0.05, 0.1) is 12.7 Å². The number of aromatic carboxylic acids is 1. The van der Waals surface area contributed by atoms with E-state index in [1.165, 1.54) is 25.3 Å². The molecule has 0 saturated carbocycles. The Kier molecular flexibility index (Phi) is 4.58. The van der Waals surface area contributed by atoms with Crippen molar-refractivity contribution in [3.05, 3.63) is 65.2 Å². The SMILES string of the molecule is COc1ccc(C=C(C(=O)O)c2ccccc2)cc1C(=O)O. The Bertz CT molecular complexity index is 732. The minimum atomic E-state index is -1.14. The van der Waals surface area contributed by atoms with E-state index in [0.717, 1.165) is 0 Å². The van der Waals surface area contributed by atoms with Crippen LogP contribution in [0.5, 0.6) is 5.75 Å². The van der Waals surface area contributed by atoms with Crippen molar-refractivity contribution in [1.29, 1.82) is 0 Å². The van der Waals surface area contributed by atoms with E-state index >= 15 is 0 Å². The van der Waals surface area contributed by atoms with Gasteiger partial charge in [-0.1, -0.05) is 36.4 Å². The van der Waals surface area contributed by atoms with Crippen molar-refractivity contribution in [2.75, 3.05) is 7.11 Å². The number of carboxylic acid groups (broad SMARTS) is 2. The van der Waals surface area contributed by atoms with Gasteiger partial charge in [-0.05, 0) is 29.3 Å². The molecule has 0 fully saturated rings. The van der Waals surface area contributed by atoms with Crippen molar-refractivity contribution in [1.82, 2.24) is 0 Å². The summed E-state index contributed by atoms with van der Waals surface area (Å²) in [6.45, 7) is 0. The predicted molar refractivity (Wildman–Crippen MR) is 81.9 cm³/mol. The van der Waals surface area contributed by atoms with E-state index in [4.69, 9.17) is 9.84 Å². The molecule has 0 radical (unpaired) electrons. The van der Waals surface area contributed by atoms with Crippen LogP contribution in [-0.2, 0) is 4.79 Å². The van der Waals surface area contributed by atoms with Crippen molar-refractivity contribution in [2.24, 2.45) is 0 Å². The van der Waals surface area contributed by atoms with Crippen LogP contribution in [0.2, 0.25) is 0 Å². The molecule has 2 aromatic rings. The lowest BCUT2D eigenvalue weighted by Crippen LogP contribution is -2.02. The van der Waals surface area contributed by atoms with Gasteiger partial charge in [-0.3, -0.25) is 0 Å². The van der Waals surface area contributed by atoms with Gasteiger partial charge in [0.2, 0.25) is 0 Å². The van der Waals surface area contributed by atoms with Gasteiger partial charge in [-0.2, -0.15) is 0 Å². The quantitative estimate of drug-likeness (QED) is 0.655. The van der Waals surface area contributed by atoms with E-state index < -0.39 is 11.9 Å². The highest BCUT2D eigenvalue weighted by Gasteiger charge is 2.13. The van der Waals surface area contributed by atoms with Crippen LogP contribution in [0.15, 0.2) is 48.5 Å². The van der Waals surface area contributed by atoms with Crippen molar-refractivity contribution >= 4 is 23.6 Å². The molecule has 2 aromatic carbocycles. The number of hydrogen-bond donors (Lipinski definition) is 2. The second-order valence-electron chi connectivity index (χ2n) is 4.49. The molecular formula is C17H14O5. The lowest BCUT2D eigenvalue weighted by atomic mass is 10.0. The number of hydrogen-bond acceptors (Lipinski definition) is 3. The highest BCUT2D eigenvalue weighted by atomic mass is 16.5. The van der Waals surface area contributed by atoms with Crippen LogP contribution in [0.1, 0.15) is 21.5 Å². The van der Waals surface area contributed by atoms with Crippen LogP contribution in [0.25, 0.3) is 11.6 Å². The highest BCUT2D eigenvalue weighted by molar-refractivity contribution is 6.20. The van der Waals surface area contributed by atoms with Crippen LogP contribution in [-0.4, -0.2) is 29.3 Å². The zero-order valence-corrected chi connectivity index (χ0v) is 11.8. The van der Waals surface area contributed by atoms with Gasteiger partial charge in [0.1, 0.15) is 11.3 Å². The molecule has 5 nitrogen and oxygen atoms in total. The predicted octanol–water partition coefficient (Wildman–Crippen LogP) is 3.02. The maximum atomic E-state index is 11.4. The van der Waals surface area contributed by atoms with Gasteiger partial charge in [0, 0.05) is 0 Å². The first-order valence-corrected chi connectivity index (χ1v) is 6.44. The average molecular weight is 298 g/mol. The molecule has 0 bridgehead atoms. The van der Waals surface area contributed by atoms with E-state index in [1.807, 2.05) is 0 Å². The van der Waals surface area contributed by atoms with Crippen LogP contribution < -0.4 is 4.74 Å². The summed E-state index contributed by atoms with van der Waals surface area (Å²) >= 11 is 0. The van der Waals surface area contributed by atoms with Crippen molar-refractivity contribution in [3.63, 3.8) is 0 Å². The molecule has 0 aromatic heterocycles. The summed E-state index contributed by atoms with van der Waals surface area (Å²) in [5.74, 6) is -2.00. The first kappa shape index (κ1) is 15.3. The van der Waals surface area contributed by atoms with Crippen molar-refractivity contribution < 1.29 is 24.5 Å². The Balaban J connectivity index is 2.52. The van der Waals surface area contributed by atoms with Gasteiger partial charge in [0.15, 0.2) is 0 Å². The minimum Gasteiger partial charge on any atom is -0.496 e. The Morgan fingerprint density at radius 1 is 1.05 bits per heavy atom. The van der Waals surface area contributed by atoms with E-state index in [-0.39, 0.29) is 16.9 Å². The van der Waals surface area contributed by atoms with Crippen molar-refractivity contribution in [2.45, 2.75) is 0 Å². The molecule has 0 atom stereocenters. The molecule has 5 heteroatoms. The average Bonchev–Trinajstić information content (AvgIpc) is 2.52. The highest BCUT2D eigenvalue weighted by Crippen LogP contribution is 2.24. The van der Waals surface area contributed by atoms with E-state index in [2.05, 4.69) is 0 Å². The maximum Gasteiger partial charge on any atom is 0.339 e. The second-order valence-corrected chi connectivity index (χ2v) is 4.49. The monoisotopic (exact) mass is 298 g/mol. The fourth-order valence-electron chi connectivity index (χ4n) is 2.04. The molecule has 112 valence electrons. The van der Waals surface area contributed by atoms with Crippen molar-refractivity contribution in [3.8, 4) is 5.75 Å². The molecular weight excluding hydrogens is 284 g/mol. The zero-order valence-electron chi connectivity index (χ0n) is 11.8. The summed E-state index contributed by atoms with van der Waals surface area (Å²) in [6.07, 6.45) is 1.43. The first-order chi connectivity index (χ1) is 10.5. The third-order valence-electron chi connectivity index (χ3n) is 3.08. The number of ether oxygens (including phenoxy) is 1. The molecule has 0 aliphatic carbocycles. The van der Waals surface area contributed by atoms with Crippen LogP contribution in [0.3, 0.4) is 0 Å². The summed E-state index contributed by atoms with van der Waals surface area (Å²) < 4.78 is 4.98. The fraction of sp³-hybridized carbons (Fsp3) is 0.0588. The summed E-state index contributed by atoms with van der Waals surface area (Å²) in [5, 5.41) is 18.5. The van der Waals surface area contributed by atoms with Crippen LogP contribution in [0, 0.1) is 0 Å². The Morgan fingerprint density at radius 2 is 1.73 bits per heavy atom. The smallest absolute Gasteiger partial charge is 0.339 e. The van der Waals surface area contributed by atoms with E-state index in [0.29, 0.717) is 11.1 Å². The summed E-state index contributed by atoms with van der Waals surface area (Å²) in [7, 11) is 1.38. The Hall–Kier alpha value is -3.08. The number of carboxylic acids is 2. The molecule has 22 heavy (non-hydrogen) atoms. The second kappa shape index (κ2) is 6.58. The van der Waals surface area contributed by atoms with Gasteiger partial charge in [0.25, 0.3) is 0 Å². The molecule has 2 rings (SSSR count). The number of aliphatic carboxylic acids is 1. The van der Waals surface area contributed by atoms with Gasteiger partial charge in [-0.25, -0.2) is 9.59 Å². The lowest BCUT2D eigenvalue weighted by molar-refractivity contribution is -0.130. The molecule has 0 aliphatic heterocycles. The van der Waals surface area contributed by atoms with Gasteiger partial charge < -0.3 is 14.9 Å². The summed E-state index contributed by atoms with van der Waals surface area (Å²) in [4.78, 5) is 22.6. The van der Waals surface area contributed by atoms with Crippen LogP contribution in [0.4, 0.5) is 0 Å². The van der Waals surface area contributed by atoms with Gasteiger partial charge in [-0.15, -0.1) is 0 Å². The number of carbonyl (C=O) groups is 2. The van der Waals surface area contributed by atoms with Crippen LogP contribution >= 0.6 is 0 Å². The lowest BCUT2D eigenvalue weighted by Gasteiger charge is -2.07. The first-order valence-electron chi connectivity index (χ1n) is 6.44. The number of benzene rings is 2. The summed E-state index contributed by atoms with van der Waals surface area (Å²) in [5.41, 5.74) is 1.08. The molecule has 0 aliphatic rings. The maximum absolute atomic E-state index is 11.4. The molecule has 0 unspecified atom stereocenters. The number of rotatable bonds is 5. The summed E-state index contributed by atoms with van der Waals surface area (Å²) in [6, 6.07) is 13.1. The van der Waals surface area contributed by atoms with E-state index in [1.54, 1.807) is 36.4 Å². The molecule has 0 saturated heterocycles. The molecule has 0 heterocycles. The Labute approximate surface area is 127 Å². The largest absolute Gasteiger partial charge is 0.496 e. The fourth-order valence-corrected chi connectivity index (χ4v) is 2.04. The topological polar surface area (TPSA) is 83.8 Å². The Morgan fingerprint density at radius 3 is 2.27 bits per heavy atom. The molecule has 2 N–H and O–H groups in total. The zero-order chi connectivity index (χ0) is 16.1. The standard InChI is InChI=1S/C17H14O5/c1-22-15-8-7-11(10-14(15)17(20)21)9-13(16(18)19)12-5-3-2-4-6-12/h2-10H,1H3,(H,18,19)(H,20,21). The third kappa shape index (κ3) is 3.32. The number of methoxy groups -OCH3 is 1. The van der Waals surface area contributed by atoms with E-state index in [9.17, 15) is 14.7 Å². The minimum absolute atomic E-state index is 0.0194. The molecule has 0 spiro atoms. The normalized spacial score (nSPS) is 11.0. The third-order valence-corrected chi connectivity index (χ3v) is 3.08. The van der Waals surface area contributed by atoms with Gasteiger partial charge >= 0.3 is 11.9 Å². The molecule has 0 amide bonds.